The van der Waals surface area contributed by atoms with E-state index in [1.54, 1.807) is 7.11 Å². The van der Waals surface area contributed by atoms with Gasteiger partial charge in [-0.05, 0) is 61.3 Å². The average molecular weight is 350 g/mol. The highest BCUT2D eigenvalue weighted by atomic mass is 79.9. The normalized spacial score (nSPS) is 13.6. The molecule has 114 valence electrons. The van der Waals surface area contributed by atoms with Crippen molar-refractivity contribution in [2.45, 2.75) is 45.3 Å². The number of hydrogen-bond acceptors (Lipinski definition) is 2. The number of ether oxygens (including phenoxy) is 1. The zero-order valence-corrected chi connectivity index (χ0v) is 14.0. The summed E-state index contributed by atoms with van der Waals surface area (Å²) in [5.74, 6) is -1.09. The molecule has 0 spiro atoms. The SMILES string of the molecule is CCCNC(CC(C)(C)OC)c1c(F)ccc(Br)c1F. The van der Waals surface area contributed by atoms with E-state index in [9.17, 15) is 8.78 Å². The van der Waals surface area contributed by atoms with Crippen LogP contribution in [0, 0.1) is 11.6 Å². The summed E-state index contributed by atoms with van der Waals surface area (Å²) in [6.07, 6.45) is 1.37. The van der Waals surface area contributed by atoms with Crippen LogP contribution in [-0.4, -0.2) is 19.3 Å². The average Bonchev–Trinajstić information content (AvgIpc) is 2.40. The molecule has 0 radical (unpaired) electrons. The lowest BCUT2D eigenvalue weighted by molar-refractivity contribution is 0.00629. The Morgan fingerprint density at radius 2 is 2.00 bits per heavy atom. The maximum absolute atomic E-state index is 14.3. The second-order valence-corrected chi connectivity index (χ2v) is 6.29. The lowest BCUT2D eigenvalue weighted by Crippen LogP contribution is -2.33. The highest BCUT2D eigenvalue weighted by Gasteiger charge is 2.28. The van der Waals surface area contributed by atoms with Gasteiger partial charge in [0.1, 0.15) is 11.6 Å². The largest absolute Gasteiger partial charge is 0.379 e. The van der Waals surface area contributed by atoms with Crippen molar-refractivity contribution < 1.29 is 13.5 Å². The highest BCUT2D eigenvalue weighted by Crippen LogP contribution is 2.32. The van der Waals surface area contributed by atoms with Gasteiger partial charge in [-0.15, -0.1) is 0 Å². The van der Waals surface area contributed by atoms with Crippen molar-refractivity contribution >= 4 is 15.9 Å². The molecular formula is C15H22BrF2NO. The number of nitrogens with one attached hydrogen (secondary N) is 1. The van der Waals surface area contributed by atoms with Crippen LogP contribution in [-0.2, 0) is 4.74 Å². The summed E-state index contributed by atoms with van der Waals surface area (Å²) in [7, 11) is 1.60. The molecule has 1 atom stereocenters. The maximum Gasteiger partial charge on any atom is 0.145 e. The van der Waals surface area contributed by atoms with Crippen molar-refractivity contribution in [1.29, 1.82) is 0 Å². The first-order valence-electron chi connectivity index (χ1n) is 6.74. The van der Waals surface area contributed by atoms with Gasteiger partial charge in [-0.3, -0.25) is 0 Å². The standard InChI is InChI=1S/C15H22BrF2NO/c1-5-8-19-12(9-15(2,3)20-4)13-11(17)7-6-10(16)14(13)18/h6-7,12,19H,5,8-9H2,1-4H3. The van der Waals surface area contributed by atoms with Gasteiger partial charge in [0.25, 0.3) is 0 Å². The minimum Gasteiger partial charge on any atom is -0.379 e. The van der Waals surface area contributed by atoms with Crippen LogP contribution in [0.4, 0.5) is 8.78 Å². The number of benzene rings is 1. The van der Waals surface area contributed by atoms with Gasteiger partial charge < -0.3 is 10.1 Å². The smallest absolute Gasteiger partial charge is 0.145 e. The number of rotatable bonds is 7. The molecule has 0 bridgehead atoms. The molecule has 0 fully saturated rings. The van der Waals surface area contributed by atoms with Gasteiger partial charge >= 0.3 is 0 Å². The molecule has 0 amide bonds. The summed E-state index contributed by atoms with van der Waals surface area (Å²) in [6.45, 7) is 6.51. The topological polar surface area (TPSA) is 21.3 Å². The second kappa shape index (κ2) is 7.48. The predicted molar refractivity (Wildman–Crippen MR) is 80.8 cm³/mol. The van der Waals surface area contributed by atoms with Gasteiger partial charge in [-0.25, -0.2) is 8.78 Å². The third-order valence-electron chi connectivity index (χ3n) is 3.32. The molecule has 0 aliphatic carbocycles. The summed E-state index contributed by atoms with van der Waals surface area (Å²) in [5.41, 5.74) is -0.398. The van der Waals surface area contributed by atoms with Crippen LogP contribution in [0.2, 0.25) is 0 Å². The summed E-state index contributed by atoms with van der Waals surface area (Å²) < 4.78 is 34.0. The van der Waals surface area contributed by atoms with Crippen molar-refractivity contribution in [3.63, 3.8) is 0 Å². The first kappa shape index (κ1) is 17.5. The minimum absolute atomic E-state index is 0.0675. The summed E-state index contributed by atoms with van der Waals surface area (Å²) in [4.78, 5) is 0. The Balaban J connectivity index is 3.14. The Hall–Kier alpha value is -0.520. The summed E-state index contributed by atoms with van der Waals surface area (Å²) >= 11 is 3.11. The molecule has 20 heavy (non-hydrogen) atoms. The predicted octanol–water partition coefficient (Wildman–Crippen LogP) is 4.58. The lowest BCUT2D eigenvalue weighted by Gasteiger charge is -2.30. The molecule has 2 nitrogen and oxygen atoms in total. The molecule has 1 N–H and O–H groups in total. The Morgan fingerprint density at radius 3 is 2.55 bits per heavy atom. The zero-order chi connectivity index (χ0) is 15.3. The molecule has 1 rings (SSSR count). The molecule has 0 saturated carbocycles. The van der Waals surface area contributed by atoms with Crippen LogP contribution < -0.4 is 5.32 Å². The Labute approximate surface area is 128 Å². The van der Waals surface area contributed by atoms with E-state index in [-0.39, 0.29) is 10.0 Å². The van der Waals surface area contributed by atoms with Crippen molar-refractivity contribution in [2.75, 3.05) is 13.7 Å². The van der Waals surface area contributed by atoms with E-state index in [4.69, 9.17) is 4.74 Å². The van der Waals surface area contributed by atoms with Crippen LogP contribution >= 0.6 is 15.9 Å². The van der Waals surface area contributed by atoms with E-state index in [0.29, 0.717) is 13.0 Å². The molecular weight excluding hydrogens is 328 g/mol. The van der Waals surface area contributed by atoms with E-state index >= 15 is 0 Å². The van der Waals surface area contributed by atoms with Crippen molar-refractivity contribution in [2.24, 2.45) is 0 Å². The van der Waals surface area contributed by atoms with E-state index in [0.717, 1.165) is 6.42 Å². The molecule has 0 heterocycles. The van der Waals surface area contributed by atoms with Gasteiger partial charge in [-0.1, -0.05) is 6.92 Å². The van der Waals surface area contributed by atoms with Crippen LogP contribution in [0.1, 0.15) is 45.2 Å². The Kier molecular flexibility index (Phi) is 6.55. The van der Waals surface area contributed by atoms with Gasteiger partial charge in [0.2, 0.25) is 0 Å². The number of halogens is 3. The monoisotopic (exact) mass is 349 g/mol. The van der Waals surface area contributed by atoms with Gasteiger partial charge in [-0.2, -0.15) is 0 Å². The maximum atomic E-state index is 14.3. The third kappa shape index (κ3) is 4.50. The fourth-order valence-electron chi connectivity index (χ4n) is 2.03. The molecule has 1 aromatic rings. The summed E-state index contributed by atoms with van der Waals surface area (Å²) in [6, 6.07) is 2.23. The first-order chi connectivity index (χ1) is 9.32. The van der Waals surface area contributed by atoms with E-state index in [1.165, 1.54) is 12.1 Å². The van der Waals surface area contributed by atoms with Crippen LogP contribution in [0.5, 0.6) is 0 Å². The second-order valence-electron chi connectivity index (χ2n) is 5.43. The van der Waals surface area contributed by atoms with Crippen molar-refractivity contribution in [3.8, 4) is 0 Å². The highest BCUT2D eigenvalue weighted by molar-refractivity contribution is 9.10. The molecule has 0 aromatic heterocycles. The lowest BCUT2D eigenvalue weighted by atomic mass is 9.92. The van der Waals surface area contributed by atoms with Crippen LogP contribution in [0.3, 0.4) is 0 Å². The Bertz CT molecular complexity index is 452. The third-order valence-corrected chi connectivity index (χ3v) is 3.93. The molecule has 5 heteroatoms. The van der Waals surface area contributed by atoms with Crippen LogP contribution in [0.15, 0.2) is 16.6 Å². The van der Waals surface area contributed by atoms with Gasteiger partial charge in [0.05, 0.1) is 10.1 Å². The van der Waals surface area contributed by atoms with E-state index in [2.05, 4.69) is 21.2 Å². The quantitative estimate of drug-likeness (QED) is 0.727. The summed E-state index contributed by atoms with van der Waals surface area (Å²) in [5, 5.41) is 3.20. The van der Waals surface area contributed by atoms with Gasteiger partial charge in [0, 0.05) is 18.7 Å². The van der Waals surface area contributed by atoms with Crippen molar-refractivity contribution in [3.05, 3.63) is 33.8 Å². The first-order valence-corrected chi connectivity index (χ1v) is 7.53. The molecule has 1 unspecified atom stereocenters. The van der Waals surface area contributed by atoms with Crippen molar-refractivity contribution in [1.82, 2.24) is 5.32 Å². The number of methoxy groups -OCH3 is 1. The fraction of sp³-hybridized carbons (Fsp3) is 0.600. The van der Waals surface area contributed by atoms with E-state index < -0.39 is 23.3 Å². The number of hydrogen-bond donors (Lipinski definition) is 1. The van der Waals surface area contributed by atoms with Crippen LogP contribution in [0.25, 0.3) is 0 Å². The molecule has 0 saturated heterocycles. The fourth-order valence-corrected chi connectivity index (χ4v) is 2.38. The Morgan fingerprint density at radius 1 is 1.35 bits per heavy atom. The van der Waals surface area contributed by atoms with Gasteiger partial charge in [0.15, 0.2) is 0 Å². The minimum atomic E-state index is -0.550. The zero-order valence-electron chi connectivity index (χ0n) is 12.4. The van der Waals surface area contributed by atoms with E-state index in [1.807, 2.05) is 20.8 Å². The molecule has 1 aromatic carbocycles. The molecule has 0 aliphatic rings. The molecule has 0 aliphatic heterocycles.